The van der Waals surface area contributed by atoms with Crippen molar-refractivity contribution in [2.24, 2.45) is 5.92 Å². The largest absolute Gasteiger partial charge is 0.462 e. The summed E-state index contributed by atoms with van der Waals surface area (Å²) < 4.78 is 18.1. The lowest BCUT2D eigenvalue weighted by Crippen LogP contribution is -2.09. The van der Waals surface area contributed by atoms with Crippen molar-refractivity contribution >= 4 is 5.97 Å². The summed E-state index contributed by atoms with van der Waals surface area (Å²) in [5.74, 6) is -0.654. The monoisotopic (exact) mass is 210 g/mol. The number of rotatable bonds is 4. The van der Waals surface area contributed by atoms with Crippen LogP contribution >= 0.6 is 0 Å². The first-order valence-corrected chi connectivity index (χ1v) is 5.03. The van der Waals surface area contributed by atoms with E-state index in [1.165, 1.54) is 12.1 Å². The molecule has 0 bridgehead atoms. The molecule has 0 saturated carbocycles. The van der Waals surface area contributed by atoms with Gasteiger partial charge in [-0.25, -0.2) is 9.18 Å². The van der Waals surface area contributed by atoms with E-state index in [1.54, 1.807) is 12.1 Å². The Morgan fingerprint density at radius 3 is 2.67 bits per heavy atom. The Labute approximate surface area is 89.1 Å². The number of hydrogen-bond donors (Lipinski definition) is 0. The SMILES string of the molecule is CC(C)CCOC(=O)c1ccccc1F. The number of carbonyl (C=O) groups excluding carboxylic acids is 1. The van der Waals surface area contributed by atoms with Crippen LogP contribution in [0.1, 0.15) is 30.6 Å². The van der Waals surface area contributed by atoms with Crippen molar-refractivity contribution in [3.8, 4) is 0 Å². The standard InChI is InChI=1S/C12H15FO2/c1-9(2)7-8-15-12(14)10-5-3-4-6-11(10)13/h3-6,9H,7-8H2,1-2H3. The molecule has 3 heteroatoms. The van der Waals surface area contributed by atoms with Crippen LogP contribution in [0.5, 0.6) is 0 Å². The molecule has 0 N–H and O–H groups in total. The van der Waals surface area contributed by atoms with Crippen LogP contribution in [0.3, 0.4) is 0 Å². The van der Waals surface area contributed by atoms with Gasteiger partial charge in [0.05, 0.1) is 12.2 Å². The van der Waals surface area contributed by atoms with Crippen LogP contribution in [0.15, 0.2) is 24.3 Å². The summed E-state index contributed by atoms with van der Waals surface area (Å²) in [5, 5.41) is 0. The van der Waals surface area contributed by atoms with Crippen molar-refractivity contribution in [1.29, 1.82) is 0 Å². The Hall–Kier alpha value is -1.38. The molecule has 1 aromatic rings. The van der Waals surface area contributed by atoms with Gasteiger partial charge in [0.2, 0.25) is 0 Å². The highest BCUT2D eigenvalue weighted by Crippen LogP contribution is 2.08. The van der Waals surface area contributed by atoms with E-state index >= 15 is 0 Å². The van der Waals surface area contributed by atoms with Gasteiger partial charge in [0, 0.05) is 0 Å². The van der Waals surface area contributed by atoms with E-state index in [2.05, 4.69) is 0 Å². The molecule has 0 aliphatic carbocycles. The summed E-state index contributed by atoms with van der Waals surface area (Å²) >= 11 is 0. The van der Waals surface area contributed by atoms with E-state index in [4.69, 9.17) is 4.74 Å². The van der Waals surface area contributed by atoms with Gasteiger partial charge in [0.15, 0.2) is 0 Å². The first-order valence-electron chi connectivity index (χ1n) is 5.03. The molecule has 15 heavy (non-hydrogen) atoms. The summed E-state index contributed by atoms with van der Waals surface area (Å²) in [6, 6.07) is 5.83. The molecule has 0 atom stereocenters. The van der Waals surface area contributed by atoms with Crippen molar-refractivity contribution in [3.05, 3.63) is 35.6 Å². The Kier molecular flexibility index (Phi) is 4.28. The zero-order valence-corrected chi connectivity index (χ0v) is 9.00. The van der Waals surface area contributed by atoms with Crippen LogP contribution in [0.4, 0.5) is 4.39 Å². The van der Waals surface area contributed by atoms with Crippen LogP contribution < -0.4 is 0 Å². The van der Waals surface area contributed by atoms with Gasteiger partial charge in [-0.3, -0.25) is 0 Å². The van der Waals surface area contributed by atoms with E-state index in [-0.39, 0.29) is 5.56 Å². The van der Waals surface area contributed by atoms with E-state index in [9.17, 15) is 9.18 Å². The van der Waals surface area contributed by atoms with Crippen LogP contribution in [0.2, 0.25) is 0 Å². The van der Waals surface area contributed by atoms with E-state index in [0.29, 0.717) is 12.5 Å². The average molecular weight is 210 g/mol. The van der Waals surface area contributed by atoms with Gasteiger partial charge < -0.3 is 4.74 Å². The smallest absolute Gasteiger partial charge is 0.341 e. The van der Waals surface area contributed by atoms with Crippen molar-refractivity contribution in [3.63, 3.8) is 0 Å². The van der Waals surface area contributed by atoms with E-state index in [0.717, 1.165) is 6.42 Å². The first kappa shape index (κ1) is 11.7. The second kappa shape index (κ2) is 5.49. The lowest BCUT2D eigenvalue weighted by atomic mass is 10.1. The van der Waals surface area contributed by atoms with Gasteiger partial charge in [-0.1, -0.05) is 26.0 Å². The van der Waals surface area contributed by atoms with Gasteiger partial charge in [-0.05, 0) is 24.5 Å². The maximum Gasteiger partial charge on any atom is 0.341 e. The van der Waals surface area contributed by atoms with Crippen LogP contribution in [0.25, 0.3) is 0 Å². The number of ether oxygens (including phenoxy) is 1. The third kappa shape index (κ3) is 3.70. The molecule has 0 spiro atoms. The minimum atomic E-state index is -0.589. The van der Waals surface area contributed by atoms with Crippen LogP contribution in [-0.4, -0.2) is 12.6 Å². The summed E-state index contributed by atoms with van der Waals surface area (Å²) in [4.78, 5) is 11.4. The third-order valence-corrected chi connectivity index (χ3v) is 2.02. The Bertz CT molecular complexity index is 334. The van der Waals surface area contributed by atoms with Gasteiger partial charge in [-0.2, -0.15) is 0 Å². The van der Waals surface area contributed by atoms with Gasteiger partial charge >= 0.3 is 5.97 Å². The third-order valence-electron chi connectivity index (χ3n) is 2.02. The summed E-state index contributed by atoms with van der Waals surface area (Å²) in [7, 11) is 0. The number of hydrogen-bond acceptors (Lipinski definition) is 2. The molecule has 1 aromatic carbocycles. The number of halogens is 1. The minimum absolute atomic E-state index is 0.00116. The van der Waals surface area contributed by atoms with Crippen LogP contribution in [0, 0.1) is 11.7 Å². The number of esters is 1. The zero-order chi connectivity index (χ0) is 11.3. The average Bonchev–Trinajstić information content (AvgIpc) is 2.17. The molecule has 0 radical (unpaired) electrons. The second-order valence-electron chi connectivity index (χ2n) is 3.80. The molecule has 0 amide bonds. The van der Waals surface area contributed by atoms with Crippen LogP contribution in [-0.2, 0) is 4.74 Å². The summed E-state index contributed by atoms with van der Waals surface area (Å²) in [5.41, 5.74) is 0.00116. The molecule has 0 aromatic heterocycles. The Balaban J connectivity index is 2.51. The Morgan fingerprint density at radius 2 is 2.07 bits per heavy atom. The predicted molar refractivity (Wildman–Crippen MR) is 56.1 cm³/mol. The molecule has 0 unspecified atom stereocenters. The molecule has 1 rings (SSSR count). The fraction of sp³-hybridized carbons (Fsp3) is 0.417. The summed E-state index contributed by atoms with van der Waals surface area (Å²) in [6.45, 7) is 4.42. The topological polar surface area (TPSA) is 26.3 Å². The molecule has 0 aliphatic heterocycles. The number of benzene rings is 1. The van der Waals surface area contributed by atoms with Crippen molar-refractivity contribution < 1.29 is 13.9 Å². The minimum Gasteiger partial charge on any atom is -0.462 e. The van der Waals surface area contributed by atoms with Crippen molar-refractivity contribution in [1.82, 2.24) is 0 Å². The first-order chi connectivity index (χ1) is 7.11. The van der Waals surface area contributed by atoms with E-state index in [1.807, 2.05) is 13.8 Å². The van der Waals surface area contributed by atoms with Gasteiger partial charge in [0.1, 0.15) is 5.82 Å². The fourth-order valence-corrected chi connectivity index (χ4v) is 1.09. The van der Waals surface area contributed by atoms with Crippen molar-refractivity contribution in [2.75, 3.05) is 6.61 Å². The molecule has 0 aliphatic rings. The van der Waals surface area contributed by atoms with Crippen molar-refractivity contribution in [2.45, 2.75) is 20.3 Å². The maximum atomic E-state index is 13.1. The second-order valence-corrected chi connectivity index (χ2v) is 3.80. The molecule has 0 heterocycles. The molecule has 0 fully saturated rings. The quantitative estimate of drug-likeness (QED) is 0.714. The number of carbonyl (C=O) groups is 1. The lowest BCUT2D eigenvalue weighted by molar-refractivity contribution is 0.0483. The maximum absolute atomic E-state index is 13.1. The molecular formula is C12H15FO2. The normalized spacial score (nSPS) is 10.4. The van der Waals surface area contributed by atoms with E-state index < -0.39 is 11.8 Å². The predicted octanol–water partition coefficient (Wildman–Crippen LogP) is 3.03. The molecule has 82 valence electrons. The lowest BCUT2D eigenvalue weighted by Gasteiger charge is -2.06. The highest BCUT2D eigenvalue weighted by Gasteiger charge is 2.11. The highest BCUT2D eigenvalue weighted by atomic mass is 19.1. The fourth-order valence-electron chi connectivity index (χ4n) is 1.09. The highest BCUT2D eigenvalue weighted by molar-refractivity contribution is 5.89. The Morgan fingerprint density at radius 1 is 1.40 bits per heavy atom. The van der Waals surface area contributed by atoms with Gasteiger partial charge in [-0.15, -0.1) is 0 Å². The molecule has 0 saturated heterocycles. The van der Waals surface area contributed by atoms with Gasteiger partial charge in [0.25, 0.3) is 0 Å². The molecule has 2 nitrogen and oxygen atoms in total. The summed E-state index contributed by atoms with van der Waals surface area (Å²) in [6.07, 6.45) is 0.792. The zero-order valence-electron chi connectivity index (χ0n) is 9.00. The molecular weight excluding hydrogens is 195 g/mol.